The molecule has 0 unspecified atom stereocenters. The molecule has 1 aromatic carbocycles. The van der Waals surface area contributed by atoms with Crippen LogP contribution in [0.4, 0.5) is 0 Å². The number of aromatic nitrogens is 1. The van der Waals surface area contributed by atoms with E-state index in [9.17, 15) is 4.57 Å². The van der Waals surface area contributed by atoms with Crippen molar-refractivity contribution in [1.29, 1.82) is 0 Å². The van der Waals surface area contributed by atoms with Gasteiger partial charge in [0.05, 0.1) is 11.8 Å². The predicted molar refractivity (Wildman–Crippen MR) is 97.3 cm³/mol. The van der Waals surface area contributed by atoms with E-state index in [0.717, 1.165) is 23.8 Å². The van der Waals surface area contributed by atoms with E-state index >= 15 is 0 Å². The molecule has 0 bridgehead atoms. The van der Waals surface area contributed by atoms with E-state index in [1.54, 1.807) is 6.20 Å². The van der Waals surface area contributed by atoms with Gasteiger partial charge in [-0.15, -0.1) is 0 Å². The van der Waals surface area contributed by atoms with Crippen LogP contribution in [0.2, 0.25) is 0 Å². The molecule has 1 aromatic heterocycles. The SMILES string of the molecule is CCC(CC)O[P@](=O)(C/C=C/c1ccccn1)c1ccccc1. The zero-order valence-corrected chi connectivity index (χ0v) is 14.7. The molecule has 0 aliphatic rings. The lowest BCUT2D eigenvalue weighted by atomic mass is 10.2. The standard InChI is InChI=1S/C19H24NO2P/c1-3-18(4-2)22-23(21,19-13-6-5-7-14-19)16-10-12-17-11-8-9-15-20-17/h5-15,18H,3-4,16H2,1-2H3/b12-10+/t23-/m1/s1. The Labute approximate surface area is 138 Å². The Morgan fingerprint density at radius 3 is 2.39 bits per heavy atom. The lowest BCUT2D eigenvalue weighted by Crippen LogP contribution is -2.16. The minimum atomic E-state index is -2.91. The number of hydrogen-bond donors (Lipinski definition) is 0. The first-order valence-corrected chi connectivity index (χ1v) is 9.89. The number of nitrogens with zero attached hydrogens (tertiary/aromatic N) is 1. The second-order valence-electron chi connectivity index (χ2n) is 5.39. The molecule has 0 radical (unpaired) electrons. The van der Waals surface area contributed by atoms with Crippen LogP contribution in [0.15, 0.2) is 60.8 Å². The van der Waals surface area contributed by atoms with Crippen molar-refractivity contribution in [3.05, 3.63) is 66.5 Å². The fraction of sp³-hybridized carbons (Fsp3) is 0.316. The Morgan fingerprint density at radius 2 is 1.78 bits per heavy atom. The van der Waals surface area contributed by atoms with Crippen molar-refractivity contribution in [2.45, 2.75) is 32.8 Å². The van der Waals surface area contributed by atoms with Crippen molar-refractivity contribution in [3.8, 4) is 0 Å². The highest BCUT2D eigenvalue weighted by Crippen LogP contribution is 2.47. The molecule has 0 N–H and O–H groups in total. The maximum atomic E-state index is 13.4. The van der Waals surface area contributed by atoms with E-state index < -0.39 is 7.37 Å². The lowest BCUT2D eigenvalue weighted by Gasteiger charge is -2.23. The Kier molecular flexibility index (Phi) is 6.76. The Bertz CT molecular complexity index is 652. The van der Waals surface area contributed by atoms with Gasteiger partial charge in [0.25, 0.3) is 0 Å². The molecule has 3 nitrogen and oxygen atoms in total. The van der Waals surface area contributed by atoms with Crippen LogP contribution in [0.3, 0.4) is 0 Å². The lowest BCUT2D eigenvalue weighted by molar-refractivity contribution is 0.200. The monoisotopic (exact) mass is 329 g/mol. The molecule has 1 atom stereocenters. The van der Waals surface area contributed by atoms with Crippen LogP contribution >= 0.6 is 7.37 Å². The summed E-state index contributed by atoms with van der Waals surface area (Å²) in [7, 11) is -2.91. The first kappa shape index (κ1) is 17.7. The van der Waals surface area contributed by atoms with E-state index in [0.29, 0.717) is 6.16 Å². The van der Waals surface area contributed by atoms with Crippen molar-refractivity contribution in [2.24, 2.45) is 0 Å². The van der Waals surface area contributed by atoms with E-state index in [1.165, 1.54) is 0 Å². The molecule has 2 rings (SSSR count). The molecule has 0 aliphatic carbocycles. The van der Waals surface area contributed by atoms with Crippen molar-refractivity contribution in [2.75, 3.05) is 6.16 Å². The van der Waals surface area contributed by atoms with Gasteiger partial charge < -0.3 is 4.52 Å². The summed E-state index contributed by atoms with van der Waals surface area (Å²) >= 11 is 0. The molecule has 23 heavy (non-hydrogen) atoms. The minimum absolute atomic E-state index is 0.0179. The summed E-state index contributed by atoms with van der Waals surface area (Å²) < 4.78 is 19.5. The van der Waals surface area contributed by atoms with Crippen molar-refractivity contribution >= 4 is 18.7 Å². The summed E-state index contributed by atoms with van der Waals surface area (Å²) in [6, 6.07) is 15.2. The average Bonchev–Trinajstić information content (AvgIpc) is 2.61. The topological polar surface area (TPSA) is 39.2 Å². The highest BCUT2D eigenvalue weighted by Gasteiger charge is 2.27. The summed E-state index contributed by atoms with van der Waals surface area (Å²) in [5, 5.41) is 0.776. The maximum absolute atomic E-state index is 13.4. The summed E-state index contributed by atoms with van der Waals surface area (Å²) in [5.74, 6) is 0. The third kappa shape index (κ3) is 5.16. The summed E-state index contributed by atoms with van der Waals surface area (Å²) in [5.41, 5.74) is 0.856. The predicted octanol–water partition coefficient (Wildman–Crippen LogP) is 4.90. The van der Waals surface area contributed by atoms with Crippen LogP contribution in [-0.4, -0.2) is 17.2 Å². The van der Waals surface area contributed by atoms with Gasteiger partial charge in [0.15, 0.2) is 0 Å². The van der Waals surface area contributed by atoms with Crippen LogP contribution < -0.4 is 5.30 Å². The van der Waals surface area contributed by atoms with Gasteiger partial charge in [0.2, 0.25) is 7.37 Å². The van der Waals surface area contributed by atoms with Crippen molar-refractivity contribution in [1.82, 2.24) is 4.98 Å². The molecular weight excluding hydrogens is 305 g/mol. The van der Waals surface area contributed by atoms with Crippen LogP contribution in [0.1, 0.15) is 32.4 Å². The van der Waals surface area contributed by atoms with E-state index in [4.69, 9.17) is 4.52 Å². The third-order valence-electron chi connectivity index (χ3n) is 3.70. The summed E-state index contributed by atoms with van der Waals surface area (Å²) in [6.07, 6.45) is 7.66. The normalized spacial score (nSPS) is 14.2. The van der Waals surface area contributed by atoms with Gasteiger partial charge in [-0.1, -0.05) is 44.2 Å². The molecule has 0 saturated heterocycles. The smallest absolute Gasteiger partial charge is 0.236 e. The molecule has 4 heteroatoms. The fourth-order valence-corrected chi connectivity index (χ4v) is 4.54. The quantitative estimate of drug-likeness (QED) is 0.646. The Hall–Kier alpha value is -1.70. The first-order chi connectivity index (χ1) is 11.2. The largest absolute Gasteiger partial charge is 0.322 e. The van der Waals surface area contributed by atoms with Gasteiger partial charge in [-0.05, 0) is 43.2 Å². The van der Waals surface area contributed by atoms with Gasteiger partial charge in [-0.2, -0.15) is 0 Å². The first-order valence-electron chi connectivity index (χ1n) is 8.08. The Balaban J connectivity index is 2.20. The number of hydrogen-bond acceptors (Lipinski definition) is 3. The Morgan fingerprint density at radius 1 is 1.09 bits per heavy atom. The number of benzene rings is 1. The molecule has 1 heterocycles. The summed E-state index contributed by atoms with van der Waals surface area (Å²) in [6.45, 7) is 4.13. The van der Waals surface area contributed by atoms with Crippen molar-refractivity contribution in [3.63, 3.8) is 0 Å². The van der Waals surface area contributed by atoms with Gasteiger partial charge in [-0.3, -0.25) is 9.55 Å². The zero-order chi connectivity index (χ0) is 16.5. The van der Waals surface area contributed by atoms with Gasteiger partial charge in [-0.25, -0.2) is 0 Å². The van der Waals surface area contributed by atoms with Gasteiger partial charge in [0.1, 0.15) is 0 Å². The zero-order valence-electron chi connectivity index (χ0n) is 13.8. The third-order valence-corrected chi connectivity index (χ3v) is 6.12. The maximum Gasteiger partial charge on any atom is 0.236 e. The molecule has 0 aliphatic heterocycles. The highest BCUT2D eigenvalue weighted by molar-refractivity contribution is 7.67. The van der Waals surface area contributed by atoms with E-state index in [1.807, 2.05) is 60.7 Å². The minimum Gasteiger partial charge on any atom is -0.322 e. The molecule has 0 saturated carbocycles. The molecule has 0 spiro atoms. The average molecular weight is 329 g/mol. The highest BCUT2D eigenvalue weighted by atomic mass is 31.2. The number of pyridine rings is 1. The van der Waals surface area contributed by atoms with Crippen LogP contribution in [-0.2, 0) is 9.09 Å². The molecule has 122 valence electrons. The number of allylic oxidation sites excluding steroid dienone is 1. The molecule has 0 amide bonds. The molecule has 0 fully saturated rings. The number of rotatable bonds is 8. The van der Waals surface area contributed by atoms with E-state index in [-0.39, 0.29) is 6.10 Å². The second-order valence-corrected chi connectivity index (χ2v) is 7.83. The van der Waals surface area contributed by atoms with Crippen LogP contribution in [0.5, 0.6) is 0 Å². The van der Waals surface area contributed by atoms with Crippen LogP contribution in [0.25, 0.3) is 6.08 Å². The van der Waals surface area contributed by atoms with E-state index in [2.05, 4.69) is 18.8 Å². The summed E-state index contributed by atoms with van der Waals surface area (Å²) in [4.78, 5) is 4.25. The van der Waals surface area contributed by atoms with Crippen molar-refractivity contribution < 1.29 is 9.09 Å². The van der Waals surface area contributed by atoms with Gasteiger partial charge in [0, 0.05) is 17.7 Å². The fourth-order valence-electron chi connectivity index (χ4n) is 2.33. The molecule has 2 aromatic rings. The van der Waals surface area contributed by atoms with Crippen LogP contribution in [0, 0.1) is 0 Å². The second kappa shape index (κ2) is 8.81. The molecular formula is C19H24NO2P. The van der Waals surface area contributed by atoms with Gasteiger partial charge >= 0.3 is 0 Å².